The van der Waals surface area contributed by atoms with Gasteiger partial charge < -0.3 is 10.2 Å². The van der Waals surface area contributed by atoms with E-state index in [0.717, 1.165) is 0 Å². The van der Waals surface area contributed by atoms with Crippen molar-refractivity contribution in [1.29, 1.82) is 0 Å². The van der Waals surface area contributed by atoms with Crippen LogP contribution in [-0.4, -0.2) is 22.2 Å². The minimum atomic E-state index is -1.28. The van der Waals surface area contributed by atoms with E-state index in [0.29, 0.717) is 3.57 Å². The Morgan fingerprint density at radius 3 is 2.57 bits per heavy atom. The van der Waals surface area contributed by atoms with Gasteiger partial charge in [0.2, 0.25) is 0 Å². The lowest BCUT2D eigenvalue weighted by molar-refractivity contribution is 0.0299. The van der Waals surface area contributed by atoms with Gasteiger partial charge in [0.1, 0.15) is 11.9 Å². The summed E-state index contributed by atoms with van der Waals surface area (Å²) in [4.78, 5) is 0. The largest absolute Gasteiger partial charge is 0.389 e. The molecule has 2 unspecified atom stereocenters. The first-order chi connectivity index (χ1) is 6.57. The molecule has 0 radical (unpaired) electrons. The number of hydrogen-bond donors (Lipinski definition) is 2. The minimum Gasteiger partial charge on any atom is -0.389 e. The summed E-state index contributed by atoms with van der Waals surface area (Å²) in [5.74, 6) is -0.667. The third kappa shape index (κ3) is 2.56. The van der Waals surface area contributed by atoms with Crippen LogP contribution < -0.4 is 0 Å². The number of aliphatic hydroxyl groups excluding tert-OH is 2. The number of benzene rings is 1. The Labute approximate surface area is 99.8 Å². The van der Waals surface area contributed by atoms with Crippen molar-refractivity contribution in [2.45, 2.75) is 12.2 Å². The monoisotopic (exact) mass is 330 g/mol. The van der Waals surface area contributed by atoms with Gasteiger partial charge in [0, 0.05) is 9.13 Å². The SMILES string of the molecule is OC(CCl)C(O)c1c(F)cccc1I. The van der Waals surface area contributed by atoms with Gasteiger partial charge in [-0.1, -0.05) is 6.07 Å². The number of hydrogen-bond acceptors (Lipinski definition) is 2. The Morgan fingerprint density at radius 1 is 1.43 bits per heavy atom. The van der Waals surface area contributed by atoms with Crippen molar-refractivity contribution in [3.63, 3.8) is 0 Å². The molecule has 0 amide bonds. The standard InChI is InChI=1S/C9H9ClFIO2/c10-4-7(13)9(14)8-5(11)2-1-3-6(8)12/h1-3,7,9,13-14H,4H2. The van der Waals surface area contributed by atoms with Gasteiger partial charge in [-0.2, -0.15) is 0 Å². The molecule has 2 nitrogen and oxygen atoms in total. The van der Waals surface area contributed by atoms with Crippen LogP contribution in [0.4, 0.5) is 4.39 Å². The first-order valence-electron chi connectivity index (χ1n) is 3.94. The maximum Gasteiger partial charge on any atom is 0.130 e. The van der Waals surface area contributed by atoms with Crippen LogP contribution in [0.3, 0.4) is 0 Å². The third-order valence-corrected chi connectivity index (χ3v) is 3.07. The van der Waals surface area contributed by atoms with Crippen LogP contribution in [0.5, 0.6) is 0 Å². The van der Waals surface area contributed by atoms with E-state index in [9.17, 15) is 14.6 Å². The Bertz CT molecular complexity index is 301. The van der Waals surface area contributed by atoms with Crippen molar-refractivity contribution in [2.24, 2.45) is 0 Å². The Hall–Kier alpha value is 0.0900. The molecule has 14 heavy (non-hydrogen) atoms. The van der Waals surface area contributed by atoms with Crippen molar-refractivity contribution < 1.29 is 14.6 Å². The van der Waals surface area contributed by atoms with Crippen LogP contribution in [0.15, 0.2) is 18.2 Å². The molecule has 0 bridgehead atoms. The van der Waals surface area contributed by atoms with Crippen molar-refractivity contribution in [2.75, 3.05) is 5.88 Å². The van der Waals surface area contributed by atoms with Crippen molar-refractivity contribution in [3.8, 4) is 0 Å². The fourth-order valence-corrected chi connectivity index (χ4v) is 2.02. The predicted octanol–water partition coefficient (Wildman–Crippen LogP) is 2.06. The summed E-state index contributed by atoms with van der Waals surface area (Å²) in [7, 11) is 0. The maximum atomic E-state index is 13.3. The average Bonchev–Trinajstić information content (AvgIpc) is 2.16. The molecule has 0 aliphatic heterocycles. The molecule has 0 saturated heterocycles. The first-order valence-corrected chi connectivity index (χ1v) is 5.55. The van der Waals surface area contributed by atoms with Crippen LogP contribution in [0.25, 0.3) is 0 Å². The lowest BCUT2D eigenvalue weighted by Gasteiger charge is -2.17. The molecule has 0 aliphatic rings. The van der Waals surface area contributed by atoms with Gasteiger partial charge in [0.05, 0.1) is 12.0 Å². The molecule has 2 N–H and O–H groups in total. The van der Waals surface area contributed by atoms with Gasteiger partial charge in [-0.25, -0.2) is 4.39 Å². The highest BCUT2D eigenvalue weighted by atomic mass is 127. The molecule has 0 aromatic heterocycles. The van der Waals surface area contributed by atoms with Crippen LogP contribution in [-0.2, 0) is 0 Å². The number of halogens is 3. The molecule has 1 aromatic rings. The summed E-state index contributed by atoms with van der Waals surface area (Å²) in [6, 6.07) is 4.44. The lowest BCUT2D eigenvalue weighted by atomic mass is 10.1. The van der Waals surface area contributed by atoms with Gasteiger partial charge in [0.15, 0.2) is 0 Å². The van der Waals surface area contributed by atoms with Gasteiger partial charge in [-0.3, -0.25) is 0 Å². The molecule has 5 heteroatoms. The fraction of sp³-hybridized carbons (Fsp3) is 0.333. The van der Waals surface area contributed by atoms with Crippen LogP contribution in [0.2, 0.25) is 0 Å². The summed E-state index contributed by atoms with van der Waals surface area (Å²) in [5, 5.41) is 18.8. The summed E-state index contributed by atoms with van der Waals surface area (Å²) in [6.45, 7) is 0. The molecule has 0 heterocycles. The zero-order valence-electron chi connectivity index (χ0n) is 7.12. The number of alkyl halides is 1. The topological polar surface area (TPSA) is 40.5 Å². The molecule has 0 saturated carbocycles. The van der Waals surface area contributed by atoms with Crippen LogP contribution in [0.1, 0.15) is 11.7 Å². The molecule has 1 rings (SSSR count). The van der Waals surface area contributed by atoms with Crippen molar-refractivity contribution >= 4 is 34.2 Å². The predicted molar refractivity (Wildman–Crippen MR) is 60.8 cm³/mol. The molecule has 0 spiro atoms. The third-order valence-electron chi connectivity index (χ3n) is 1.82. The smallest absolute Gasteiger partial charge is 0.130 e. The number of rotatable bonds is 3. The van der Waals surface area contributed by atoms with Crippen molar-refractivity contribution in [1.82, 2.24) is 0 Å². The van der Waals surface area contributed by atoms with E-state index < -0.39 is 18.0 Å². The van der Waals surface area contributed by atoms with E-state index in [1.54, 1.807) is 12.1 Å². The van der Waals surface area contributed by atoms with Crippen LogP contribution in [0, 0.1) is 9.39 Å². The van der Waals surface area contributed by atoms with Crippen LogP contribution >= 0.6 is 34.2 Å². The highest BCUT2D eigenvalue weighted by Gasteiger charge is 2.22. The van der Waals surface area contributed by atoms with Gasteiger partial charge in [-0.05, 0) is 34.7 Å². The molecule has 0 aliphatic carbocycles. The average molecular weight is 331 g/mol. The molecular weight excluding hydrogens is 321 g/mol. The second kappa shape index (κ2) is 5.25. The summed E-state index contributed by atoms with van der Waals surface area (Å²) in [6.07, 6.45) is -2.43. The van der Waals surface area contributed by atoms with E-state index in [1.807, 2.05) is 22.6 Å². The van der Waals surface area contributed by atoms with E-state index in [-0.39, 0.29) is 11.4 Å². The first kappa shape index (κ1) is 12.2. The van der Waals surface area contributed by atoms with Gasteiger partial charge in [-0.15, -0.1) is 11.6 Å². The molecule has 2 atom stereocenters. The van der Waals surface area contributed by atoms with E-state index in [2.05, 4.69) is 0 Å². The summed E-state index contributed by atoms with van der Waals surface area (Å²) < 4.78 is 13.8. The summed E-state index contributed by atoms with van der Waals surface area (Å²) >= 11 is 7.26. The Balaban J connectivity index is 3.05. The zero-order chi connectivity index (χ0) is 10.7. The quantitative estimate of drug-likeness (QED) is 0.658. The molecule has 0 fully saturated rings. The fourth-order valence-electron chi connectivity index (χ4n) is 1.07. The minimum absolute atomic E-state index is 0.0984. The Morgan fingerprint density at radius 2 is 2.07 bits per heavy atom. The van der Waals surface area contributed by atoms with Gasteiger partial charge in [0.25, 0.3) is 0 Å². The van der Waals surface area contributed by atoms with Gasteiger partial charge >= 0.3 is 0 Å². The highest BCUT2D eigenvalue weighted by molar-refractivity contribution is 14.1. The maximum absolute atomic E-state index is 13.3. The lowest BCUT2D eigenvalue weighted by Crippen LogP contribution is -2.21. The number of aliphatic hydroxyl groups is 2. The molecule has 1 aromatic carbocycles. The Kier molecular flexibility index (Phi) is 4.56. The normalized spacial score (nSPS) is 15.2. The molecule has 78 valence electrons. The highest BCUT2D eigenvalue weighted by Crippen LogP contribution is 2.25. The van der Waals surface area contributed by atoms with E-state index >= 15 is 0 Å². The summed E-state index contributed by atoms with van der Waals surface area (Å²) in [5.41, 5.74) is 0.0984. The second-order valence-electron chi connectivity index (χ2n) is 2.80. The molecular formula is C9H9ClFIO2. The van der Waals surface area contributed by atoms with Crippen molar-refractivity contribution in [3.05, 3.63) is 33.1 Å². The zero-order valence-corrected chi connectivity index (χ0v) is 10.0. The van der Waals surface area contributed by atoms with E-state index in [4.69, 9.17) is 11.6 Å². The van der Waals surface area contributed by atoms with E-state index in [1.165, 1.54) is 6.07 Å². The second-order valence-corrected chi connectivity index (χ2v) is 4.27.